The summed E-state index contributed by atoms with van der Waals surface area (Å²) < 4.78 is 12.8. The fourth-order valence-corrected chi connectivity index (χ4v) is 2.38. The maximum absolute atomic E-state index is 12.8. The zero-order chi connectivity index (χ0) is 13.1. The number of hydrogen-bond acceptors (Lipinski definition) is 3. The van der Waals surface area contributed by atoms with E-state index in [4.69, 9.17) is 5.11 Å². The number of carboxylic acid groups (broad SMARTS) is 1. The number of rotatable bonds is 3. The Kier molecular flexibility index (Phi) is 3.91. The lowest BCUT2D eigenvalue weighted by atomic mass is 9.96. The molecule has 2 rings (SSSR count). The number of pyridine rings is 1. The van der Waals surface area contributed by atoms with Crippen LogP contribution in [0, 0.1) is 11.7 Å². The summed E-state index contributed by atoms with van der Waals surface area (Å²) in [6.07, 6.45) is 2.81. The molecule has 0 radical (unpaired) electrons. The third kappa shape index (κ3) is 2.85. The first kappa shape index (κ1) is 13.0. The molecule has 18 heavy (non-hydrogen) atoms. The van der Waals surface area contributed by atoms with Crippen molar-refractivity contribution < 1.29 is 14.3 Å². The highest BCUT2D eigenvalue weighted by atomic mass is 19.1. The van der Waals surface area contributed by atoms with Crippen LogP contribution in [0.3, 0.4) is 0 Å². The van der Waals surface area contributed by atoms with Crippen LogP contribution in [-0.4, -0.2) is 34.0 Å². The summed E-state index contributed by atoms with van der Waals surface area (Å²) in [5.41, 5.74) is 0.780. The molecule has 4 nitrogen and oxygen atoms in total. The van der Waals surface area contributed by atoms with Crippen LogP contribution < -0.4 is 0 Å². The SMILES string of the molecule is CC(c1ccc(F)cn1)N1CCCC(C(=O)O)C1. The fraction of sp³-hybridized carbons (Fsp3) is 0.538. The molecule has 0 aromatic carbocycles. The Balaban J connectivity index is 2.06. The van der Waals surface area contributed by atoms with Crippen molar-refractivity contribution in [2.45, 2.75) is 25.8 Å². The number of likely N-dealkylation sites (tertiary alicyclic amines) is 1. The summed E-state index contributed by atoms with van der Waals surface area (Å²) in [5, 5.41) is 9.05. The number of piperidine rings is 1. The molecule has 2 unspecified atom stereocenters. The van der Waals surface area contributed by atoms with Crippen molar-refractivity contribution in [3.63, 3.8) is 0 Å². The predicted molar refractivity (Wildman–Crippen MR) is 64.5 cm³/mol. The van der Waals surface area contributed by atoms with Crippen LogP contribution in [0.25, 0.3) is 0 Å². The van der Waals surface area contributed by atoms with E-state index in [1.807, 2.05) is 6.92 Å². The minimum atomic E-state index is -0.737. The first-order chi connectivity index (χ1) is 8.58. The molecule has 1 aliphatic heterocycles. The van der Waals surface area contributed by atoms with Crippen molar-refractivity contribution in [3.8, 4) is 0 Å². The average Bonchev–Trinajstić information content (AvgIpc) is 2.39. The third-order valence-corrected chi connectivity index (χ3v) is 3.53. The van der Waals surface area contributed by atoms with Gasteiger partial charge in [-0.1, -0.05) is 0 Å². The minimum absolute atomic E-state index is 0.0211. The zero-order valence-electron chi connectivity index (χ0n) is 10.3. The molecule has 1 aromatic rings. The second kappa shape index (κ2) is 5.44. The van der Waals surface area contributed by atoms with Crippen molar-refractivity contribution in [3.05, 3.63) is 29.8 Å². The highest BCUT2D eigenvalue weighted by molar-refractivity contribution is 5.70. The molecule has 1 aliphatic rings. The van der Waals surface area contributed by atoms with Crippen molar-refractivity contribution in [2.75, 3.05) is 13.1 Å². The summed E-state index contributed by atoms with van der Waals surface area (Å²) >= 11 is 0. The summed E-state index contributed by atoms with van der Waals surface area (Å²) in [7, 11) is 0. The first-order valence-electron chi connectivity index (χ1n) is 6.16. The van der Waals surface area contributed by atoms with Gasteiger partial charge in [-0.2, -0.15) is 0 Å². The maximum Gasteiger partial charge on any atom is 0.307 e. The fourth-order valence-electron chi connectivity index (χ4n) is 2.38. The Hall–Kier alpha value is -1.49. The maximum atomic E-state index is 12.8. The topological polar surface area (TPSA) is 53.4 Å². The molecule has 1 saturated heterocycles. The number of hydrogen-bond donors (Lipinski definition) is 1. The Bertz CT molecular complexity index is 422. The standard InChI is InChI=1S/C13H17FN2O2/c1-9(12-5-4-11(14)7-15-12)16-6-2-3-10(8-16)13(17)18/h4-5,7,9-10H,2-3,6,8H2,1H3,(H,17,18). The Morgan fingerprint density at radius 1 is 1.61 bits per heavy atom. The number of carboxylic acids is 1. The van der Waals surface area contributed by atoms with Gasteiger partial charge in [0, 0.05) is 12.6 Å². The van der Waals surface area contributed by atoms with Crippen molar-refractivity contribution in [1.82, 2.24) is 9.88 Å². The van der Waals surface area contributed by atoms with Gasteiger partial charge in [0.2, 0.25) is 0 Å². The molecular weight excluding hydrogens is 235 g/mol. The Labute approximate surface area is 105 Å². The zero-order valence-corrected chi connectivity index (χ0v) is 10.3. The molecule has 0 aliphatic carbocycles. The van der Waals surface area contributed by atoms with Gasteiger partial charge in [-0.25, -0.2) is 4.39 Å². The highest BCUT2D eigenvalue weighted by Gasteiger charge is 2.28. The summed E-state index contributed by atoms with van der Waals surface area (Å²) in [5.74, 6) is -1.39. The molecule has 5 heteroatoms. The lowest BCUT2D eigenvalue weighted by Crippen LogP contribution is -2.40. The van der Waals surface area contributed by atoms with E-state index in [1.54, 1.807) is 6.07 Å². The number of aromatic nitrogens is 1. The van der Waals surface area contributed by atoms with Gasteiger partial charge >= 0.3 is 5.97 Å². The average molecular weight is 252 g/mol. The van der Waals surface area contributed by atoms with Gasteiger partial charge in [0.15, 0.2) is 0 Å². The van der Waals surface area contributed by atoms with E-state index in [1.165, 1.54) is 12.3 Å². The van der Waals surface area contributed by atoms with E-state index < -0.39 is 5.97 Å². The van der Waals surface area contributed by atoms with Crippen LogP contribution in [0.2, 0.25) is 0 Å². The second-order valence-electron chi connectivity index (χ2n) is 4.75. The smallest absolute Gasteiger partial charge is 0.307 e. The summed E-state index contributed by atoms with van der Waals surface area (Å²) in [4.78, 5) is 17.2. The largest absolute Gasteiger partial charge is 0.481 e. The Morgan fingerprint density at radius 2 is 2.39 bits per heavy atom. The normalized spacial score (nSPS) is 22.7. The van der Waals surface area contributed by atoms with E-state index in [0.29, 0.717) is 6.54 Å². The van der Waals surface area contributed by atoms with Crippen LogP contribution >= 0.6 is 0 Å². The number of aliphatic carboxylic acids is 1. The van der Waals surface area contributed by atoms with Crippen LogP contribution in [0.5, 0.6) is 0 Å². The van der Waals surface area contributed by atoms with E-state index in [-0.39, 0.29) is 17.8 Å². The first-order valence-corrected chi connectivity index (χ1v) is 6.16. The van der Waals surface area contributed by atoms with Gasteiger partial charge in [0.1, 0.15) is 5.82 Å². The quantitative estimate of drug-likeness (QED) is 0.894. The molecule has 1 N–H and O–H groups in total. The van der Waals surface area contributed by atoms with Crippen LogP contribution in [-0.2, 0) is 4.79 Å². The van der Waals surface area contributed by atoms with Gasteiger partial charge < -0.3 is 5.11 Å². The van der Waals surface area contributed by atoms with Crippen LogP contribution in [0.1, 0.15) is 31.5 Å². The van der Waals surface area contributed by atoms with Crippen LogP contribution in [0.4, 0.5) is 4.39 Å². The molecule has 2 heterocycles. The van der Waals surface area contributed by atoms with Gasteiger partial charge in [-0.05, 0) is 38.4 Å². The van der Waals surface area contributed by atoms with Gasteiger partial charge in [0.25, 0.3) is 0 Å². The van der Waals surface area contributed by atoms with Gasteiger partial charge in [-0.15, -0.1) is 0 Å². The van der Waals surface area contributed by atoms with E-state index >= 15 is 0 Å². The summed E-state index contributed by atoms with van der Waals surface area (Å²) in [6, 6.07) is 3.06. The second-order valence-corrected chi connectivity index (χ2v) is 4.75. The molecular formula is C13H17FN2O2. The number of carbonyl (C=O) groups is 1. The molecule has 0 spiro atoms. The monoisotopic (exact) mass is 252 g/mol. The van der Waals surface area contributed by atoms with Gasteiger partial charge in [0.05, 0.1) is 17.8 Å². The van der Waals surface area contributed by atoms with Crippen molar-refractivity contribution in [1.29, 1.82) is 0 Å². The highest BCUT2D eigenvalue weighted by Crippen LogP contribution is 2.25. The molecule has 1 aromatic heterocycles. The molecule has 0 saturated carbocycles. The molecule has 0 bridgehead atoms. The molecule has 98 valence electrons. The predicted octanol–water partition coefficient (Wildman–Crippen LogP) is 2.08. The minimum Gasteiger partial charge on any atom is -0.481 e. The third-order valence-electron chi connectivity index (χ3n) is 3.53. The van der Waals surface area contributed by atoms with Crippen molar-refractivity contribution >= 4 is 5.97 Å². The van der Waals surface area contributed by atoms with Crippen molar-refractivity contribution in [2.24, 2.45) is 5.92 Å². The molecule has 1 fully saturated rings. The number of halogens is 1. The Morgan fingerprint density at radius 3 is 3.00 bits per heavy atom. The lowest BCUT2D eigenvalue weighted by molar-refractivity contribution is -0.143. The van der Waals surface area contributed by atoms with Gasteiger partial charge in [-0.3, -0.25) is 14.7 Å². The lowest BCUT2D eigenvalue weighted by Gasteiger charge is -2.34. The van der Waals surface area contributed by atoms with Crippen LogP contribution in [0.15, 0.2) is 18.3 Å². The molecule has 0 amide bonds. The number of nitrogens with zero attached hydrogens (tertiary/aromatic N) is 2. The molecule has 2 atom stereocenters. The summed E-state index contributed by atoms with van der Waals surface area (Å²) in [6.45, 7) is 3.38. The van der Waals surface area contributed by atoms with E-state index in [9.17, 15) is 9.18 Å². The van der Waals surface area contributed by atoms with E-state index in [2.05, 4.69) is 9.88 Å². The van der Waals surface area contributed by atoms with E-state index in [0.717, 1.165) is 25.1 Å².